The number of ether oxygens (including phenoxy) is 1. The van der Waals surface area contributed by atoms with Crippen LogP contribution in [0.5, 0.6) is 0 Å². The van der Waals surface area contributed by atoms with Crippen molar-refractivity contribution >= 4 is 40.9 Å². The SMILES string of the molecule is Cc1cc(C2=NOC(C)(c3cc(Cl)cc(Cl)c3)C2)ccc1C(=O)N1CCN(C(=O)OC(C)(C)C)CC1. The van der Waals surface area contributed by atoms with Gasteiger partial charge in [0.2, 0.25) is 0 Å². The van der Waals surface area contributed by atoms with Crippen LogP contribution < -0.4 is 0 Å². The zero-order valence-corrected chi connectivity index (χ0v) is 22.7. The number of amides is 2. The maximum absolute atomic E-state index is 13.2. The van der Waals surface area contributed by atoms with Crippen LogP contribution in [0.4, 0.5) is 4.79 Å². The number of hydrogen-bond acceptors (Lipinski definition) is 5. The van der Waals surface area contributed by atoms with Crippen molar-refractivity contribution in [2.45, 2.75) is 52.2 Å². The van der Waals surface area contributed by atoms with Crippen molar-refractivity contribution in [1.29, 1.82) is 0 Å². The second-order valence-electron chi connectivity index (χ2n) is 10.5. The molecule has 36 heavy (non-hydrogen) atoms. The van der Waals surface area contributed by atoms with Crippen LogP contribution in [0.1, 0.15) is 61.2 Å². The van der Waals surface area contributed by atoms with Gasteiger partial charge < -0.3 is 19.4 Å². The summed E-state index contributed by atoms with van der Waals surface area (Å²) in [5.41, 5.74) is 2.81. The van der Waals surface area contributed by atoms with Gasteiger partial charge in [0.25, 0.3) is 5.91 Å². The van der Waals surface area contributed by atoms with E-state index in [9.17, 15) is 9.59 Å². The molecule has 2 aliphatic heterocycles. The van der Waals surface area contributed by atoms with E-state index >= 15 is 0 Å². The molecule has 2 aliphatic rings. The Bertz CT molecular complexity index is 1200. The average molecular weight is 532 g/mol. The molecule has 0 radical (unpaired) electrons. The maximum atomic E-state index is 13.2. The van der Waals surface area contributed by atoms with Crippen LogP contribution >= 0.6 is 23.2 Å². The molecule has 1 saturated heterocycles. The van der Waals surface area contributed by atoms with Crippen LogP contribution in [-0.4, -0.2) is 59.3 Å². The Kier molecular flexibility index (Phi) is 7.26. The molecule has 1 atom stereocenters. The number of rotatable bonds is 3. The van der Waals surface area contributed by atoms with E-state index in [1.54, 1.807) is 15.9 Å². The number of halogens is 2. The van der Waals surface area contributed by atoms with E-state index in [2.05, 4.69) is 5.16 Å². The standard InChI is InChI=1S/C27H31Cl2N3O4/c1-17-12-18(23-16-27(5,36-30-23)19-13-20(28)15-21(29)14-19)6-7-22(17)24(33)31-8-10-32(11-9-31)25(34)35-26(2,3)4/h6-7,12-15H,8-11,16H2,1-5H3. The van der Waals surface area contributed by atoms with E-state index in [0.29, 0.717) is 48.2 Å². The fourth-order valence-corrected chi connectivity index (χ4v) is 4.91. The first-order valence-electron chi connectivity index (χ1n) is 11.9. The molecule has 7 nitrogen and oxygen atoms in total. The molecule has 0 bridgehead atoms. The van der Waals surface area contributed by atoms with Gasteiger partial charge in [0, 0.05) is 53.8 Å². The van der Waals surface area contributed by atoms with Crippen molar-refractivity contribution < 1.29 is 19.2 Å². The Balaban J connectivity index is 1.41. The molecular formula is C27H31Cl2N3O4. The van der Waals surface area contributed by atoms with Crippen molar-refractivity contribution in [2.24, 2.45) is 5.16 Å². The molecule has 0 N–H and O–H groups in total. The Labute approximate surface area is 221 Å². The van der Waals surface area contributed by atoms with Gasteiger partial charge in [-0.2, -0.15) is 0 Å². The highest BCUT2D eigenvalue weighted by Gasteiger charge is 2.37. The highest BCUT2D eigenvalue weighted by Crippen LogP contribution is 2.38. The predicted molar refractivity (Wildman–Crippen MR) is 141 cm³/mol. The van der Waals surface area contributed by atoms with Crippen molar-refractivity contribution in [2.75, 3.05) is 26.2 Å². The number of benzene rings is 2. The predicted octanol–water partition coefficient (Wildman–Crippen LogP) is 6.03. The van der Waals surface area contributed by atoms with Gasteiger partial charge in [0.15, 0.2) is 5.60 Å². The molecule has 4 rings (SSSR count). The number of carbonyl (C=O) groups is 2. The second-order valence-corrected chi connectivity index (χ2v) is 11.4. The molecule has 2 heterocycles. The Morgan fingerprint density at radius 3 is 2.19 bits per heavy atom. The first kappa shape index (κ1) is 26.3. The summed E-state index contributed by atoms with van der Waals surface area (Å²) in [7, 11) is 0. The van der Waals surface area contributed by atoms with E-state index < -0.39 is 11.2 Å². The zero-order valence-electron chi connectivity index (χ0n) is 21.2. The summed E-state index contributed by atoms with van der Waals surface area (Å²) in [6.45, 7) is 11.2. The van der Waals surface area contributed by atoms with Gasteiger partial charge in [-0.05, 0) is 76.1 Å². The molecule has 2 aromatic carbocycles. The summed E-state index contributed by atoms with van der Waals surface area (Å²) in [5.74, 6) is -0.0501. The molecule has 0 saturated carbocycles. The minimum absolute atomic E-state index is 0.0501. The lowest BCUT2D eigenvalue weighted by molar-refractivity contribution is -0.00738. The van der Waals surface area contributed by atoms with Gasteiger partial charge >= 0.3 is 6.09 Å². The lowest BCUT2D eigenvalue weighted by Crippen LogP contribution is -2.51. The fraction of sp³-hybridized carbons (Fsp3) is 0.444. The molecule has 0 spiro atoms. The quantitative estimate of drug-likeness (QED) is 0.484. The summed E-state index contributed by atoms with van der Waals surface area (Å²) >= 11 is 12.4. The largest absolute Gasteiger partial charge is 0.444 e. The van der Waals surface area contributed by atoms with Crippen LogP contribution in [0.2, 0.25) is 10.0 Å². The third-order valence-corrected chi connectivity index (χ3v) is 6.78. The first-order valence-corrected chi connectivity index (χ1v) is 12.7. The molecule has 0 aliphatic carbocycles. The van der Waals surface area contributed by atoms with Crippen LogP contribution in [0.25, 0.3) is 0 Å². The van der Waals surface area contributed by atoms with Crippen LogP contribution in [0, 0.1) is 6.92 Å². The molecule has 2 amide bonds. The highest BCUT2D eigenvalue weighted by atomic mass is 35.5. The molecule has 2 aromatic rings. The highest BCUT2D eigenvalue weighted by molar-refractivity contribution is 6.34. The Hall–Kier alpha value is -2.77. The monoisotopic (exact) mass is 531 g/mol. The van der Waals surface area contributed by atoms with E-state index in [0.717, 1.165) is 22.4 Å². The normalized spacial score (nSPS) is 20.1. The van der Waals surface area contributed by atoms with E-state index in [1.807, 2.05) is 65.0 Å². The fourth-order valence-electron chi connectivity index (χ4n) is 4.38. The Morgan fingerprint density at radius 2 is 1.61 bits per heavy atom. The number of hydrogen-bond donors (Lipinski definition) is 0. The van der Waals surface area contributed by atoms with Crippen molar-refractivity contribution in [3.63, 3.8) is 0 Å². The topological polar surface area (TPSA) is 71.4 Å². The third kappa shape index (κ3) is 5.79. The molecule has 9 heteroatoms. The summed E-state index contributed by atoms with van der Waals surface area (Å²) in [6.07, 6.45) is 0.199. The average Bonchev–Trinajstić information content (AvgIpc) is 3.20. The lowest BCUT2D eigenvalue weighted by atomic mass is 9.88. The molecule has 1 unspecified atom stereocenters. The van der Waals surface area contributed by atoms with Gasteiger partial charge in [-0.15, -0.1) is 0 Å². The molecule has 1 fully saturated rings. The smallest absolute Gasteiger partial charge is 0.410 e. The van der Waals surface area contributed by atoms with Gasteiger partial charge in [-0.25, -0.2) is 4.79 Å². The number of oxime groups is 1. The molecular weight excluding hydrogens is 501 g/mol. The van der Waals surface area contributed by atoms with Gasteiger partial charge in [0.05, 0.1) is 5.71 Å². The molecule has 0 aromatic heterocycles. The van der Waals surface area contributed by atoms with Crippen LogP contribution in [0.3, 0.4) is 0 Å². The summed E-state index contributed by atoms with van der Waals surface area (Å²) < 4.78 is 5.44. The zero-order chi connectivity index (χ0) is 26.3. The minimum Gasteiger partial charge on any atom is -0.444 e. The Morgan fingerprint density at radius 1 is 1.00 bits per heavy atom. The number of piperazine rings is 1. The maximum Gasteiger partial charge on any atom is 0.410 e. The minimum atomic E-state index is -0.680. The van der Waals surface area contributed by atoms with Crippen LogP contribution in [0.15, 0.2) is 41.6 Å². The van der Waals surface area contributed by atoms with Gasteiger partial charge in [-0.3, -0.25) is 4.79 Å². The van der Waals surface area contributed by atoms with Crippen LogP contribution in [-0.2, 0) is 15.2 Å². The van der Waals surface area contributed by atoms with E-state index in [-0.39, 0.29) is 12.0 Å². The lowest BCUT2D eigenvalue weighted by Gasteiger charge is -2.35. The number of aryl methyl sites for hydroxylation is 1. The van der Waals surface area contributed by atoms with Gasteiger partial charge in [0.1, 0.15) is 5.60 Å². The van der Waals surface area contributed by atoms with E-state index in [4.69, 9.17) is 32.8 Å². The summed E-state index contributed by atoms with van der Waals surface area (Å²) in [4.78, 5) is 34.8. The summed E-state index contributed by atoms with van der Waals surface area (Å²) in [6, 6.07) is 11.0. The summed E-state index contributed by atoms with van der Waals surface area (Å²) in [5, 5.41) is 5.42. The van der Waals surface area contributed by atoms with Crippen molar-refractivity contribution in [1.82, 2.24) is 9.80 Å². The number of nitrogens with zero attached hydrogens (tertiary/aromatic N) is 3. The number of carbonyl (C=O) groups excluding carboxylic acids is 2. The van der Waals surface area contributed by atoms with Crippen molar-refractivity contribution in [3.05, 3.63) is 68.7 Å². The van der Waals surface area contributed by atoms with Gasteiger partial charge in [-0.1, -0.05) is 34.4 Å². The second kappa shape index (κ2) is 9.94. The first-order chi connectivity index (χ1) is 16.8. The third-order valence-electron chi connectivity index (χ3n) is 6.34. The van der Waals surface area contributed by atoms with Crippen molar-refractivity contribution in [3.8, 4) is 0 Å². The molecule has 192 valence electrons. The van der Waals surface area contributed by atoms with E-state index in [1.165, 1.54) is 0 Å².